The molecule has 1 aromatic rings. The van der Waals surface area contributed by atoms with Gasteiger partial charge in [0.1, 0.15) is 0 Å². The van der Waals surface area contributed by atoms with Crippen LogP contribution < -0.4 is 10.6 Å². The number of ether oxygens (including phenoxy) is 1. The number of nitrogens with one attached hydrogen (secondary N) is 2. The predicted octanol–water partition coefficient (Wildman–Crippen LogP) is 3.43. The van der Waals surface area contributed by atoms with Crippen molar-refractivity contribution in [2.75, 3.05) is 45.6 Å². The van der Waals surface area contributed by atoms with Gasteiger partial charge in [-0.2, -0.15) is 11.8 Å². The zero-order valence-electron chi connectivity index (χ0n) is 18.4. The SMILES string of the molecule is CCNC(=NCC1(SC)CCOCC1)NC1CCN(Cc2ccccc2C)CC1. The number of thioether (sulfide) groups is 1. The number of benzene rings is 1. The Labute approximate surface area is 181 Å². The Morgan fingerprint density at radius 2 is 1.97 bits per heavy atom. The number of guanidine groups is 1. The Kier molecular flexibility index (Phi) is 8.69. The van der Waals surface area contributed by atoms with Crippen LogP contribution in [0.3, 0.4) is 0 Å². The van der Waals surface area contributed by atoms with Gasteiger partial charge in [-0.15, -0.1) is 0 Å². The Hall–Kier alpha value is -1.24. The highest BCUT2D eigenvalue weighted by atomic mass is 32.2. The zero-order valence-corrected chi connectivity index (χ0v) is 19.2. The first-order valence-electron chi connectivity index (χ1n) is 11.1. The Balaban J connectivity index is 1.50. The molecule has 2 fully saturated rings. The van der Waals surface area contributed by atoms with Crippen molar-refractivity contribution in [2.24, 2.45) is 4.99 Å². The quantitative estimate of drug-likeness (QED) is 0.525. The van der Waals surface area contributed by atoms with E-state index in [0.717, 1.165) is 77.6 Å². The second kappa shape index (κ2) is 11.2. The van der Waals surface area contributed by atoms with Crippen molar-refractivity contribution in [1.29, 1.82) is 0 Å². The van der Waals surface area contributed by atoms with Crippen LogP contribution in [0, 0.1) is 6.92 Å². The lowest BCUT2D eigenvalue weighted by molar-refractivity contribution is 0.0794. The fraction of sp³-hybridized carbons (Fsp3) is 0.696. The standard InChI is InChI=1S/C23H38N4OS/c1-4-24-22(25-18-23(29-3)11-15-28-16-12-23)26-21-9-13-27(14-10-21)17-20-8-6-5-7-19(20)2/h5-8,21H,4,9-18H2,1-3H3,(H2,24,25,26). The monoisotopic (exact) mass is 418 g/mol. The molecule has 0 radical (unpaired) electrons. The summed E-state index contributed by atoms with van der Waals surface area (Å²) >= 11 is 1.95. The molecule has 0 amide bonds. The zero-order chi connectivity index (χ0) is 20.5. The smallest absolute Gasteiger partial charge is 0.191 e. The number of hydrogen-bond acceptors (Lipinski definition) is 4. The van der Waals surface area contributed by atoms with Gasteiger partial charge in [0.2, 0.25) is 0 Å². The maximum atomic E-state index is 5.56. The Bertz CT molecular complexity index is 652. The third-order valence-corrected chi connectivity index (χ3v) is 7.69. The summed E-state index contributed by atoms with van der Waals surface area (Å²) in [5.74, 6) is 0.977. The second-order valence-corrected chi connectivity index (χ2v) is 9.59. The van der Waals surface area contributed by atoms with E-state index in [1.807, 2.05) is 11.8 Å². The molecule has 29 heavy (non-hydrogen) atoms. The van der Waals surface area contributed by atoms with Crippen LogP contribution in [-0.2, 0) is 11.3 Å². The first-order chi connectivity index (χ1) is 14.1. The number of aryl methyl sites for hydroxylation is 1. The van der Waals surface area contributed by atoms with E-state index in [-0.39, 0.29) is 4.75 Å². The molecule has 3 rings (SSSR count). The molecule has 6 heteroatoms. The minimum atomic E-state index is 0.234. The summed E-state index contributed by atoms with van der Waals surface area (Å²) in [5, 5.41) is 7.16. The summed E-state index contributed by atoms with van der Waals surface area (Å²) in [6.45, 7) is 11.2. The normalized spacial score (nSPS) is 21.1. The first-order valence-corrected chi connectivity index (χ1v) is 12.3. The predicted molar refractivity (Wildman–Crippen MR) is 125 cm³/mol. The van der Waals surface area contributed by atoms with E-state index in [1.54, 1.807) is 0 Å². The van der Waals surface area contributed by atoms with Gasteiger partial charge in [-0.25, -0.2) is 0 Å². The third-order valence-electron chi connectivity index (χ3n) is 6.29. The number of aliphatic imine (C=N–C) groups is 1. The van der Waals surface area contributed by atoms with Gasteiger partial charge < -0.3 is 15.4 Å². The van der Waals surface area contributed by atoms with E-state index in [0.29, 0.717) is 6.04 Å². The summed E-state index contributed by atoms with van der Waals surface area (Å²) in [7, 11) is 0. The summed E-state index contributed by atoms with van der Waals surface area (Å²) in [4.78, 5) is 7.56. The van der Waals surface area contributed by atoms with Gasteiger partial charge in [-0.3, -0.25) is 9.89 Å². The van der Waals surface area contributed by atoms with Crippen molar-refractivity contribution in [3.8, 4) is 0 Å². The van der Waals surface area contributed by atoms with Crippen LogP contribution in [0.1, 0.15) is 43.7 Å². The summed E-state index contributed by atoms with van der Waals surface area (Å²) in [5.41, 5.74) is 2.85. The van der Waals surface area contributed by atoms with Crippen molar-refractivity contribution >= 4 is 17.7 Å². The highest BCUT2D eigenvalue weighted by Gasteiger charge is 2.31. The number of rotatable bonds is 7. The number of hydrogen-bond donors (Lipinski definition) is 2. The van der Waals surface area contributed by atoms with Crippen LogP contribution in [0.25, 0.3) is 0 Å². The first kappa shape index (κ1) is 22.4. The average Bonchev–Trinajstić information content (AvgIpc) is 2.76. The van der Waals surface area contributed by atoms with Gasteiger partial charge in [0.15, 0.2) is 5.96 Å². The minimum absolute atomic E-state index is 0.234. The molecule has 0 saturated carbocycles. The lowest BCUT2D eigenvalue weighted by Crippen LogP contribution is -2.49. The van der Waals surface area contributed by atoms with E-state index in [2.05, 4.69) is 59.9 Å². The van der Waals surface area contributed by atoms with Gasteiger partial charge in [0, 0.05) is 50.2 Å². The second-order valence-electron chi connectivity index (χ2n) is 8.32. The maximum Gasteiger partial charge on any atom is 0.191 e. The van der Waals surface area contributed by atoms with E-state index in [1.165, 1.54) is 11.1 Å². The average molecular weight is 419 g/mol. The molecule has 0 spiro atoms. The van der Waals surface area contributed by atoms with E-state index in [9.17, 15) is 0 Å². The molecule has 5 nitrogen and oxygen atoms in total. The van der Waals surface area contributed by atoms with E-state index >= 15 is 0 Å². The molecule has 162 valence electrons. The molecule has 0 unspecified atom stereocenters. The third kappa shape index (κ3) is 6.63. The Morgan fingerprint density at radius 1 is 1.24 bits per heavy atom. The van der Waals surface area contributed by atoms with Crippen LogP contribution >= 0.6 is 11.8 Å². The number of nitrogens with zero attached hydrogens (tertiary/aromatic N) is 2. The maximum absolute atomic E-state index is 5.56. The number of likely N-dealkylation sites (tertiary alicyclic amines) is 1. The molecule has 0 bridgehead atoms. The van der Waals surface area contributed by atoms with Crippen LogP contribution in [0.4, 0.5) is 0 Å². The fourth-order valence-corrected chi connectivity index (χ4v) is 4.94. The van der Waals surface area contributed by atoms with Gasteiger partial charge in [0.25, 0.3) is 0 Å². The van der Waals surface area contributed by atoms with Crippen molar-refractivity contribution in [3.63, 3.8) is 0 Å². The lowest BCUT2D eigenvalue weighted by atomic mass is 9.99. The largest absolute Gasteiger partial charge is 0.381 e. The van der Waals surface area contributed by atoms with Crippen molar-refractivity contribution in [2.45, 2.75) is 56.9 Å². The Morgan fingerprint density at radius 3 is 2.62 bits per heavy atom. The highest BCUT2D eigenvalue weighted by Crippen LogP contribution is 2.34. The van der Waals surface area contributed by atoms with E-state index in [4.69, 9.17) is 9.73 Å². The summed E-state index contributed by atoms with van der Waals surface area (Å²) in [6, 6.07) is 9.24. The fourth-order valence-electron chi connectivity index (χ4n) is 4.17. The van der Waals surface area contributed by atoms with Crippen LogP contribution in [0.15, 0.2) is 29.3 Å². The summed E-state index contributed by atoms with van der Waals surface area (Å²) in [6.07, 6.45) is 6.73. The van der Waals surface area contributed by atoms with Crippen LogP contribution in [0.5, 0.6) is 0 Å². The van der Waals surface area contributed by atoms with Crippen molar-refractivity contribution in [1.82, 2.24) is 15.5 Å². The molecule has 2 aliphatic heterocycles. The minimum Gasteiger partial charge on any atom is -0.381 e. The molecule has 0 aliphatic carbocycles. The number of piperidine rings is 1. The van der Waals surface area contributed by atoms with Crippen molar-refractivity contribution in [3.05, 3.63) is 35.4 Å². The molecular formula is C23H38N4OS. The topological polar surface area (TPSA) is 48.9 Å². The molecule has 0 atom stereocenters. The molecule has 2 heterocycles. The molecule has 2 N–H and O–H groups in total. The van der Waals surface area contributed by atoms with Gasteiger partial charge in [-0.1, -0.05) is 24.3 Å². The van der Waals surface area contributed by atoms with Crippen LogP contribution in [-0.4, -0.2) is 67.3 Å². The molecule has 0 aromatic heterocycles. The molecular weight excluding hydrogens is 380 g/mol. The van der Waals surface area contributed by atoms with Gasteiger partial charge >= 0.3 is 0 Å². The van der Waals surface area contributed by atoms with Crippen LogP contribution in [0.2, 0.25) is 0 Å². The lowest BCUT2D eigenvalue weighted by Gasteiger charge is -2.35. The molecule has 2 saturated heterocycles. The molecule has 1 aromatic carbocycles. The molecule has 2 aliphatic rings. The van der Waals surface area contributed by atoms with Crippen molar-refractivity contribution < 1.29 is 4.74 Å². The van der Waals surface area contributed by atoms with Gasteiger partial charge in [-0.05, 0) is 56.9 Å². The van der Waals surface area contributed by atoms with Gasteiger partial charge in [0.05, 0.1) is 6.54 Å². The highest BCUT2D eigenvalue weighted by molar-refractivity contribution is 8.00. The summed E-state index contributed by atoms with van der Waals surface area (Å²) < 4.78 is 5.80. The van der Waals surface area contributed by atoms with E-state index < -0.39 is 0 Å².